The minimum atomic E-state index is -3.09. The molecule has 1 aliphatic carbocycles. The lowest BCUT2D eigenvalue weighted by Crippen LogP contribution is -2.16. The number of aromatic nitrogens is 3. The molecule has 2 aliphatic rings. The maximum Gasteiger partial charge on any atom is 0.256 e. The van der Waals surface area contributed by atoms with Crippen LogP contribution in [0, 0.1) is 6.92 Å². The molecule has 2 aromatic heterocycles. The van der Waals surface area contributed by atoms with Crippen LogP contribution < -0.4 is 11.1 Å². The zero-order chi connectivity index (χ0) is 22.6. The summed E-state index contributed by atoms with van der Waals surface area (Å²) in [5.41, 5.74) is 8.64. The van der Waals surface area contributed by atoms with Gasteiger partial charge in [0.15, 0.2) is 15.5 Å². The van der Waals surface area contributed by atoms with Crippen molar-refractivity contribution in [3.05, 3.63) is 52.8 Å². The second-order valence-electron chi connectivity index (χ2n) is 8.55. The van der Waals surface area contributed by atoms with Gasteiger partial charge in [0, 0.05) is 22.9 Å². The fourth-order valence-corrected chi connectivity index (χ4v) is 5.93. The molecule has 5 rings (SSSR count). The number of carbonyl (C=O) groups excluding carboxylic acids is 2. The number of nitrogens with two attached hydrogens (primary N) is 1. The first kappa shape index (κ1) is 20.6. The van der Waals surface area contributed by atoms with E-state index in [-0.39, 0.29) is 23.5 Å². The summed E-state index contributed by atoms with van der Waals surface area (Å²) < 4.78 is 25.8. The summed E-state index contributed by atoms with van der Waals surface area (Å²) in [4.78, 5) is 29.3. The molecule has 1 atom stereocenters. The van der Waals surface area contributed by atoms with E-state index in [1.807, 2.05) is 6.07 Å². The van der Waals surface area contributed by atoms with E-state index >= 15 is 0 Å². The van der Waals surface area contributed by atoms with Crippen molar-refractivity contribution >= 4 is 38.4 Å². The number of hydrogen-bond acceptors (Lipinski definition) is 6. The maximum absolute atomic E-state index is 13.3. The Labute approximate surface area is 184 Å². The van der Waals surface area contributed by atoms with Crippen LogP contribution in [0.4, 0.5) is 5.69 Å². The molecule has 10 heteroatoms. The molecule has 2 amide bonds. The van der Waals surface area contributed by atoms with Crippen LogP contribution in [0.1, 0.15) is 63.3 Å². The Morgan fingerprint density at radius 2 is 1.88 bits per heavy atom. The third kappa shape index (κ3) is 3.75. The highest BCUT2D eigenvalue weighted by Gasteiger charge is 2.34. The van der Waals surface area contributed by atoms with Crippen LogP contribution in [0.3, 0.4) is 0 Å². The molecule has 166 valence electrons. The average Bonchev–Trinajstić information content (AvgIpc) is 3.47. The first-order chi connectivity index (χ1) is 15.2. The van der Waals surface area contributed by atoms with E-state index in [2.05, 4.69) is 10.4 Å². The minimum absolute atomic E-state index is 0.0340. The zero-order valence-corrected chi connectivity index (χ0v) is 18.4. The molecule has 0 spiro atoms. The number of fused-ring (bicyclic) bond motifs is 1. The van der Waals surface area contributed by atoms with Crippen LogP contribution in [0.25, 0.3) is 11.0 Å². The van der Waals surface area contributed by atoms with Gasteiger partial charge in [-0.3, -0.25) is 9.59 Å². The Morgan fingerprint density at radius 3 is 2.47 bits per heavy atom. The third-order valence-corrected chi connectivity index (χ3v) is 7.83. The summed E-state index contributed by atoms with van der Waals surface area (Å²) in [7, 11) is -3.09. The van der Waals surface area contributed by atoms with E-state index in [1.165, 1.54) is 0 Å². The minimum Gasteiger partial charge on any atom is -0.366 e. The van der Waals surface area contributed by atoms with Gasteiger partial charge in [0.25, 0.3) is 5.91 Å². The molecule has 3 N–H and O–H groups in total. The SMILES string of the molecule is Cc1nn([C@H]2CCS(=O)(=O)C2)c2nc(C3CC3)cc(C(=O)Nc3ccc(C(N)=O)cc3)c12. The highest BCUT2D eigenvalue weighted by Crippen LogP contribution is 2.41. The Kier molecular flexibility index (Phi) is 4.77. The van der Waals surface area contributed by atoms with Crippen molar-refractivity contribution in [2.45, 2.75) is 38.1 Å². The fourth-order valence-electron chi connectivity index (χ4n) is 4.24. The number of benzene rings is 1. The Hall–Kier alpha value is -3.27. The van der Waals surface area contributed by atoms with Crippen LogP contribution in [0.15, 0.2) is 30.3 Å². The number of nitrogens with zero attached hydrogens (tertiary/aromatic N) is 3. The Morgan fingerprint density at radius 1 is 1.16 bits per heavy atom. The molecule has 0 bridgehead atoms. The number of rotatable bonds is 5. The van der Waals surface area contributed by atoms with Gasteiger partial charge in [-0.05, 0) is 56.5 Å². The highest BCUT2D eigenvalue weighted by molar-refractivity contribution is 7.91. The summed E-state index contributed by atoms with van der Waals surface area (Å²) in [6, 6.07) is 7.89. The van der Waals surface area contributed by atoms with Gasteiger partial charge in [-0.1, -0.05) is 0 Å². The van der Waals surface area contributed by atoms with Gasteiger partial charge in [0.2, 0.25) is 5.91 Å². The maximum atomic E-state index is 13.3. The largest absolute Gasteiger partial charge is 0.366 e. The average molecular weight is 454 g/mol. The monoisotopic (exact) mass is 453 g/mol. The molecular formula is C22H23N5O4S. The van der Waals surface area contributed by atoms with E-state index in [0.29, 0.717) is 45.9 Å². The smallest absolute Gasteiger partial charge is 0.256 e. The predicted molar refractivity (Wildman–Crippen MR) is 119 cm³/mol. The summed E-state index contributed by atoms with van der Waals surface area (Å²) in [5.74, 6) is -0.379. The van der Waals surface area contributed by atoms with Crippen LogP contribution in [-0.2, 0) is 9.84 Å². The normalized spacial score (nSPS) is 19.8. The first-order valence-corrected chi connectivity index (χ1v) is 12.4. The number of hydrogen-bond donors (Lipinski definition) is 2. The van der Waals surface area contributed by atoms with E-state index in [4.69, 9.17) is 10.7 Å². The first-order valence-electron chi connectivity index (χ1n) is 10.5. The third-order valence-electron chi connectivity index (χ3n) is 6.08. The topological polar surface area (TPSA) is 137 Å². The molecule has 0 radical (unpaired) electrons. The summed E-state index contributed by atoms with van der Waals surface area (Å²) in [6.45, 7) is 1.80. The molecular weight excluding hydrogens is 430 g/mol. The lowest BCUT2D eigenvalue weighted by Gasteiger charge is -2.12. The van der Waals surface area contributed by atoms with E-state index in [1.54, 1.807) is 35.9 Å². The summed E-state index contributed by atoms with van der Waals surface area (Å²) in [5, 5.41) is 8.10. The molecule has 32 heavy (non-hydrogen) atoms. The second-order valence-corrected chi connectivity index (χ2v) is 10.8. The van der Waals surface area contributed by atoms with Crippen molar-refractivity contribution in [2.75, 3.05) is 16.8 Å². The zero-order valence-electron chi connectivity index (χ0n) is 17.5. The van der Waals surface area contributed by atoms with Crippen LogP contribution in [0.5, 0.6) is 0 Å². The molecule has 1 aliphatic heterocycles. The number of anilines is 1. The molecule has 9 nitrogen and oxygen atoms in total. The van der Waals surface area contributed by atoms with Gasteiger partial charge in [-0.15, -0.1) is 0 Å². The van der Waals surface area contributed by atoms with Crippen molar-refractivity contribution in [2.24, 2.45) is 5.73 Å². The van der Waals surface area contributed by atoms with E-state index < -0.39 is 15.7 Å². The van der Waals surface area contributed by atoms with Crippen molar-refractivity contribution in [3.63, 3.8) is 0 Å². The molecule has 2 fully saturated rings. The van der Waals surface area contributed by atoms with Gasteiger partial charge in [0.1, 0.15) is 0 Å². The molecule has 3 aromatic rings. The number of sulfone groups is 1. The van der Waals surface area contributed by atoms with Gasteiger partial charge in [-0.2, -0.15) is 5.10 Å². The van der Waals surface area contributed by atoms with Gasteiger partial charge >= 0.3 is 0 Å². The van der Waals surface area contributed by atoms with Gasteiger partial charge < -0.3 is 11.1 Å². The molecule has 1 saturated carbocycles. The standard InChI is InChI=1S/C22H23N5O4S/c1-12-19-17(22(29)24-15-6-4-14(5-7-15)20(23)28)10-18(13-2-3-13)25-21(19)27(26-12)16-8-9-32(30,31)11-16/h4-7,10,13,16H,2-3,8-9,11H2,1H3,(H2,23,28)(H,24,29)/t16-/m0/s1. The summed E-state index contributed by atoms with van der Waals surface area (Å²) >= 11 is 0. The van der Waals surface area contributed by atoms with Crippen LogP contribution in [0.2, 0.25) is 0 Å². The molecule has 1 saturated heterocycles. The van der Waals surface area contributed by atoms with Crippen molar-refractivity contribution in [1.82, 2.24) is 14.8 Å². The molecule has 1 aromatic carbocycles. The lowest BCUT2D eigenvalue weighted by molar-refractivity contribution is 0.0998. The fraction of sp³-hybridized carbons (Fsp3) is 0.364. The van der Waals surface area contributed by atoms with Crippen molar-refractivity contribution < 1.29 is 18.0 Å². The quantitative estimate of drug-likeness (QED) is 0.608. The Balaban J connectivity index is 1.56. The van der Waals surface area contributed by atoms with Gasteiger partial charge in [-0.25, -0.2) is 18.1 Å². The van der Waals surface area contributed by atoms with Crippen LogP contribution in [-0.4, -0.2) is 46.5 Å². The second kappa shape index (κ2) is 7.40. The summed E-state index contributed by atoms with van der Waals surface area (Å²) in [6.07, 6.45) is 2.51. The predicted octanol–water partition coefficient (Wildman–Crippen LogP) is 2.33. The number of aryl methyl sites for hydroxylation is 1. The number of carbonyl (C=O) groups is 2. The lowest BCUT2D eigenvalue weighted by atomic mass is 10.1. The van der Waals surface area contributed by atoms with Crippen molar-refractivity contribution in [3.8, 4) is 0 Å². The van der Waals surface area contributed by atoms with Crippen LogP contribution >= 0.6 is 0 Å². The van der Waals surface area contributed by atoms with E-state index in [9.17, 15) is 18.0 Å². The number of amides is 2. The Bertz CT molecular complexity index is 1360. The van der Waals surface area contributed by atoms with Crippen molar-refractivity contribution in [1.29, 1.82) is 0 Å². The number of nitrogens with one attached hydrogen (secondary N) is 1. The number of pyridine rings is 1. The molecule has 3 heterocycles. The van der Waals surface area contributed by atoms with Gasteiger partial charge in [0.05, 0.1) is 34.2 Å². The number of primary amides is 1. The highest BCUT2D eigenvalue weighted by atomic mass is 32.2. The molecule has 0 unspecified atom stereocenters. The van der Waals surface area contributed by atoms with E-state index in [0.717, 1.165) is 18.5 Å².